The van der Waals surface area contributed by atoms with Gasteiger partial charge in [0.25, 0.3) is 0 Å². The van der Waals surface area contributed by atoms with Crippen molar-refractivity contribution in [3.63, 3.8) is 0 Å². The molecule has 0 aromatic heterocycles. The van der Waals surface area contributed by atoms with E-state index in [-0.39, 0.29) is 11.9 Å². The van der Waals surface area contributed by atoms with E-state index in [1.165, 1.54) is 11.6 Å². The highest BCUT2D eigenvalue weighted by Gasteiger charge is 2.10. The van der Waals surface area contributed by atoms with Gasteiger partial charge in [0.1, 0.15) is 5.82 Å². The normalized spacial score (nSPS) is 12.2. The molecule has 0 aliphatic carbocycles. The SMILES string of the molecule is Cc1ccccc1C(C)Nc1cc(Cl)ccc1F. The maximum Gasteiger partial charge on any atom is 0.146 e. The number of aryl methyl sites for hydroxylation is 1. The minimum Gasteiger partial charge on any atom is -0.376 e. The van der Waals surface area contributed by atoms with E-state index in [4.69, 9.17) is 11.6 Å². The fourth-order valence-corrected chi connectivity index (χ4v) is 2.16. The third kappa shape index (κ3) is 2.82. The summed E-state index contributed by atoms with van der Waals surface area (Å²) in [4.78, 5) is 0. The molecule has 1 nitrogen and oxygen atoms in total. The molecule has 18 heavy (non-hydrogen) atoms. The monoisotopic (exact) mass is 263 g/mol. The van der Waals surface area contributed by atoms with E-state index < -0.39 is 0 Å². The number of rotatable bonds is 3. The lowest BCUT2D eigenvalue weighted by Gasteiger charge is -2.18. The Hall–Kier alpha value is -1.54. The zero-order chi connectivity index (χ0) is 13.1. The maximum atomic E-state index is 13.6. The van der Waals surface area contributed by atoms with Crippen LogP contribution in [0.1, 0.15) is 24.1 Å². The van der Waals surface area contributed by atoms with Gasteiger partial charge in [-0.05, 0) is 43.2 Å². The third-order valence-electron chi connectivity index (χ3n) is 2.96. The van der Waals surface area contributed by atoms with Gasteiger partial charge in [-0.1, -0.05) is 35.9 Å². The van der Waals surface area contributed by atoms with E-state index in [0.717, 1.165) is 5.56 Å². The van der Waals surface area contributed by atoms with Crippen molar-refractivity contribution in [1.29, 1.82) is 0 Å². The van der Waals surface area contributed by atoms with Crippen LogP contribution in [0.15, 0.2) is 42.5 Å². The molecule has 1 N–H and O–H groups in total. The summed E-state index contributed by atoms with van der Waals surface area (Å²) < 4.78 is 13.6. The van der Waals surface area contributed by atoms with E-state index in [1.54, 1.807) is 12.1 Å². The summed E-state index contributed by atoms with van der Waals surface area (Å²) in [7, 11) is 0. The summed E-state index contributed by atoms with van der Waals surface area (Å²) >= 11 is 5.87. The summed E-state index contributed by atoms with van der Waals surface area (Å²) in [5.74, 6) is -0.292. The summed E-state index contributed by atoms with van der Waals surface area (Å²) in [5, 5.41) is 3.67. The second-order valence-electron chi connectivity index (χ2n) is 4.35. The highest BCUT2D eigenvalue weighted by Crippen LogP contribution is 2.25. The Bertz CT molecular complexity index is 554. The largest absolute Gasteiger partial charge is 0.376 e. The van der Waals surface area contributed by atoms with Gasteiger partial charge in [-0.2, -0.15) is 0 Å². The van der Waals surface area contributed by atoms with Crippen LogP contribution in [0.5, 0.6) is 0 Å². The highest BCUT2D eigenvalue weighted by atomic mass is 35.5. The molecule has 0 spiro atoms. The molecule has 94 valence electrons. The van der Waals surface area contributed by atoms with Gasteiger partial charge in [0.2, 0.25) is 0 Å². The Labute approximate surface area is 112 Å². The van der Waals surface area contributed by atoms with Crippen LogP contribution in [-0.2, 0) is 0 Å². The Morgan fingerprint density at radius 3 is 2.61 bits per heavy atom. The lowest BCUT2D eigenvalue weighted by Crippen LogP contribution is -2.09. The summed E-state index contributed by atoms with van der Waals surface area (Å²) in [5.41, 5.74) is 2.76. The molecule has 0 fully saturated rings. The molecule has 1 unspecified atom stereocenters. The van der Waals surface area contributed by atoms with E-state index >= 15 is 0 Å². The van der Waals surface area contributed by atoms with Crippen LogP contribution in [0.4, 0.5) is 10.1 Å². The topological polar surface area (TPSA) is 12.0 Å². The standard InChI is InChI=1S/C15H15ClFN/c1-10-5-3-4-6-13(10)11(2)18-15-9-12(16)7-8-14(15)17/h3-9,11,18H,1-2H3. The van der Waals surface area contributed by atoms with Crippen LogP contribution in [0.2, 0.25) is 5.02 Å². The van der Waals surface area contributed by atoms with Crippen LogP contribution >= 0.6 is 11.6 Å². The highest BCUT2D eigenvalue weighted by molar-refractivity contribution is 6.30. The molecule has 3 heteroatoms. The van der Waals surface area contributed by atoms with Gasteiger partial charge in [-0.15, -0.1) is 0 Å². The smallest absolute Gasteiger partial charge is 0.146 e. The lowest BCUT2D eigenvalue weighted by atomic mass is 10.0. The Balaban J connectivity index is 2.24. The predicted octanol–water partition coefficient (Wildman–Crippen LogP) is 4.96. The first-order chi connectivity index (χ1) is 8.58. The van der Waals surface area contributed by atoms with Crippen LogP contribution in [0.3, 0.4) is 0 Å². The molecule has 2 aromatic rings. The van der Waals surface area contributed by atoms with Crippen molar-refractivity contribution in [3.8, 4) is 0 Å². The third-order valence-corrected chi connectivity index (χ3v) is 3.19. The van der Waals surface area contributed by atoms with E-state index in [1.807, 2.05) is 38.1 Å². The zero-order valence-electron chi connectivity index (χ0n) is 10.4. The number of halogens is 2. The predicted molar refractivity (Wildman–Crippen MR) is 74.6 cm³/mol. The van der Waals surface area contributed by atoms with E-state index in [9.17, 15) is 4.39 Å². The number of nitrogens with one attached hydrogen (secondary N) is 1. The molecule has 0 bridgehead atoms. The van der Waals surface area contributed by atoms with Gasteiger partial charge in [0, 0.05) is 11.1 Å². The molecule has 0 saturated heterocycles. The Morgan fingerprint density at radius 1 is 1.17 bits per heavy atom. The molecule has 2 rings (SSSR count). The molecule has 0 aliphatic rings. The molecular weight excluding hydrogens is 249 g/mol. The molecule has 2 aromatic carbocycles. The minimum atomic E-state index is -0.292. The maximum absolute atomic E-state index is 13.6. The van der Waals surface area contributed by atoms with E-state index in [0.29, 0.717) is 10.7 Å². The van der Waals surface area contributed by atoms with Crippen molar-refractivity contribution in [2.24, 2.45) is 0 Å². The average molecular weight is 264 g/mol. The number of hydrogen-bond donors (Lipinski definition) is 1. The fourth-order valence-electron chi connectivity index (χ4n) is 1.99. The Kier molecular flexibility index (Phi) is 3.87. The Morgan fingerprint density at radius 2 is 1.89 bits per heavy atom. The molecule has 0 radical (unpaired) electrons. The quantitative estimate of drug-likeness (QED) is 0.825. The van der Waals surface area contributed by atoms with Gasteiger partial charge in [0.15, 0.2) is 0 Å². The number of benzene rings is 2. The van der Waals surface area contributed by atoms with Crippen LogP contribution in [-0.4, -0.2) is 0 Å². The first kappa shape index (κ1) is 12.9. The van der Waals surface area contributed by atoms with Crippen molar-refractivity contribution >= 4 is 17.3 Å². The van der Waals surface area contributed by atoms with Gasteiger partial charge in [-0.25, -0.2) is 4.39 Å². The summed E-state index contributed by atoms with van der Waals surface area (Å²) in [6.45, 7) is 4.05. The minimum absolute atomic E-state index is 0.0270. The van der Waals surface area contributed by atoms with Crippen molar-refractivity contribution in [1.82, 2.24) is 0 Å². The second-order valence-corrected chi connectivity index (χ2v) is 4.78. The molecular formula is C15H15ClFN. The molecule has 0 saturated carbocycles. The average Bonchev–Trinajstić information content (AvgIpc) is 2.34. The lowest BCUT2D eigenvalue weighted by molar-refractivity contribution is 0.627. The first-order valence-electron chi connectivity index (χ1n) is 5.85. The van der Waals surface area contributed by atoms with Gasteiger partial charge >= 0.3 is 0 Å². The summed E-state index contributed by atoms with van der Waals surface area (Å²) in [6, 6.07) is 12.6. The van der Waals surface area contributed by atoms with Crippen LogP contribution in [0, 0.1) is 12.7 Å². The molecule has 0 amide bonds. The molecule has 0 aliphatic heterocycles. The van der Waals surface area contributed by atoms with Crippen molar-refractivity contribution in [2.75, 3.05) is 5.32 Å². The van der Waals surface area contributed by atoms with Gasteiger partial charge < -0.3 is 5.32 Å². The number of anilines is 1. The fraction of sp³-hybridized carbons (Fsp3) is 0.200. The summed E-state index contributed by atoms with van der Waals surface area (Å²) in [6.07, 6.45) is 0. The first-order valence-corrected chi connectivity index (χ1v) is 6.23. The van der Waals surface area contributed by atoms with Crippen molar-refractivity contribution in [2.45, 2.75) is 19.9 Å². The zero-order valence-corrected chi connectivity index (χ0v) is 11.1. The van der Waals surface area contributed by atoms with Gasteiger partial charge in [-0.3, -0.25) is 0 Å². The van der Waals surface area contributed by atoms with E-state index in [2.05, 4.69) is 5.32 Å². The van der Waals surface area contributed by atoms with Crippen molar-refractivity contribution < 1.29 is 4.39 Å². The van der Waals surface area contributed by atoms with Crippen molar-refractivity contribution in [3.05, 3.63) is 64.4 Å². The van der Waals surface area contributed by atoms with Crippen LogP contribution < -0.4 is 5.32 Å². The number of hydrogen-bond acceptors (Lipinski definition) is 1. The molecule has 1 atom stereocenters. The molecule has 0 heterocycles. The second kappa shape index (κ2) is 5.40. The van der Waals surface area contributed by atoms with Gasteiger partial charge in [0.05, 0.1) is 5.69 Å². The van der Waals surface area contributed by atoms with Crippen LogP contribution in [0.25, 0.3) is 0 Å².